The molecule has 2 aromatic carbocycles. The second-order valence-corrected chi connectivity index (χ2v) is 12.7. The van der Waals surface area contributed by atoms with E-state index in [2.05, 4.69) is 5.32 Å². The van der Waals surface area contributed by atoms with E-state index >= 15 is 0 Å². The van der Waals surface area contributed by atoms with Crippen molar-refractivity contribution in [2.24, 2.45) is 5.92 Å². The monoisotopic (exact) mass is 567 g/mol. The molecule has 1 aliphatic rings. The van der Waals surface area contributed by atoms with Crippen LogP contribution in [0.15, 0.2) is 59.8 Å². The number of nitrogens with one attached hydrogen (secondary N) is 1. The highest BCUT2D eigenvalue weighted by atomic mass is 16.6. The van der Waals surface area contributed by atoms with Crippen molar-refractivity contribution in [3.8, 4) is 11.5 Å². The fourth-order valence-corrected chi connectivity index (χ4v) is 5.19. The Morgan fingerprint density at radius 3 is 2.10 bits per heavy atom. The van der Waals surface area contributed by atoms with Gasteiger partial charge in [0.1, 0.15) is 11.2 Å². The van der Waals surface area contributed by atoms with Crippen molar-refractivity contribution in [3.05, 3.63) is 70.9 Å². The Labute approximate surface area is 244 Å². The van der Waals surface area contributed by atoms with Gasteiger partial charge in [-0.25, -0.2) is 4.79 Å². The van der Waals surface area contributed by atoms with Gasteiger partial charge in [-0.15, -0.1) is 0 Å². The first-order valence-electron chi connectivity index (χ1n) is 14.0. The van der Waals surface area contributed by atoms with Crippen LogP contribution in [0.25, 0.3) is 0 Å². The van der Waals surface area contributed by atoms with Crippen LogP contribution in [0.3, 0.4) is 0 Å². The molecule has 0 fully saturated rings. The third-order valence-electron chi connectivity index (χ3n) is 6.81. The number of ether oxygens (including phenoxy) is 4. The normalized spacial score (nSPS) is 21.2. The van der Waals surface area contributed by atoms with Gasteiger partial charge in [0.25, 0.3) is 0 Å². The Morgan fingerprint density at radius 2 is 1.54 bits per heavy atom. The van der Waals surface area contributed by atoms with E-state index in [0.717, 1.165) is 5.56 Å². The minimum Gasteiger partial charge on any atom is -0.493 e. The molecule has 0 saturated heterocycles. The van der Waals surface area contributed by atoms with Crippen LogP contribution in [0.2, 0.25) is 0 Å². The van der Waals surface area contributed by atoms with Gasteiger partial charge in [-0.2, -0.15) is 0 Å². The molecule has 0 bridgehead atoms. The smallest absolute Gasteiger partial charge is 0.336 e. The molecule has 0 saturated carbocycles. The van der Waals surface area contributed by atoms with E-state index in [1.54, 1.807) is 62.7 Å². The molecule has 0 amide bonds. The number of carbonyl (C=O) groups excluding carboxylic acids is 2. The lowest BCUT2D eigenvalue weighted by Crippen LogP contribution is -2.52. The number of methoxy groups -OCH3 is 2. The second kappa shape index (κ2) is 12.6. The Kier molecular flexibility index (Phi) is 9.80. The minimum absolute atomic E-state index is 0.0424. The average molecular weight is 568 g/mol. The molecule has 0 radical (unpaired) electrons. The number of aliphatic hydroxyl groups is 1. The van der Waals surface area contributed by atoms with Crippen molar-refractivity contribution in [2.75, 3.05) is 20.8 Å². The largest absolute Gasteiger partial charge is 0.493 e. The molecule has 8 heteroatoms. The summed E-state index contributed by atoms with van der Waals surface area (Å²) >= 11 is 0. The van der Waals surface area contributed by atoms with Gasteiger partial charge in [0.2, 0.25) is 0 Å². The van der Waals surface area contributed by atoms with Gasteiger partial charge in [-0.1, -0.05) is 36.4 Å². The molecule has 8 nitrogen and oxygen atoms in total. The fraction of sp³-hybridized carbons (Fsp3) is 0.515. The van der Waals surface area contributed by atoms with Gasteiger partial charge in [-0.3, -0.25) is 4.79 Å². The molecule has 3 unspecified atom stereocenters. The highest BCUT2D eigenvalue weighted by Crippen LogP contribution is 2.48. The molecule has 2 N–H and O–H groups in total. The summed E-state index contributed by atoms with van der Waals surface area (Å²) in [6.07, 6.45) is 0.653. The van der Waals surface area contributed by atoms with Crippen LogP contribution in [-0.2, 0) is 25.5 Å². The fourth-order valence-electron chi connectivity index (χ4n) is 5.19. The number of carbonyl (C=O) groups is 2. The zero-order valence-corrected chi connectivity index (χ0v) is 25.8. The second-order valence-electron chi connectivity index (χ2n) is 12.7. The molecule has 224 valence electrons. The molecule has 0 aliphatic heterocycles. The highest BCUT2D eigenvalue weighted by Gasteiger charge is 2.53. The van der Waals surface area contributed by atoms with Gasteiger partial charge in [0.05, 0.1) is 31.3 Å². The summed E-state index contributed by atoms with van der Waals surface area (Å²) in [4.78, 5) is 27.6. The topological polar surface area (TPSA) is 103 Å². The third-order valence-corrected chi connectivity index (χ3v) is 6.81. The Bertz CT molecular complexity index is 1250. The number of rotatable bonds is 9. The first-order chi connectivity index (χ1) is 19.1. The van der Waals surface area contributed by atoms with Crippen molar-refractivity contribution in [1.82, 2.24) is 5.32 Å². The third kappa shape index (κ3) is 8.26. The first-order valence-corrected chi connectivity index (χ1v) is 14.0. The van der Waals surface area contributed by atoms with Crippen LogP contribution in [0.1, 0.15) is 71.9 Å². The van der Waals surface area contributed by atoms with Gasteiger partial charge >= 0.3 is 11.9 Å². The highest BCUT2D eigenvalue weighted by molar-refractivity contribution is 5.94. The van der Waals surface area contributed by atoms with Gasteiger partial charge in [0.15, 0.2) is 11.5 Å². The lowest BCUT2D eigenvalue weighted by Gasteiger charge is -2.44. The average Bonchev–Trinajstić information content (AvgIpc) is 2.85. The van der Waals surface area contributed by atoms with E-state index in [0.29, 0.717) is 41.3 Å². The first kappa shape index (κ1) is 32.0. The van der Waals surface area contributed by atoms with Crippen LogP contribution < -0.4 is 14.8 Å². The predicted octanol–water partition coefficient (Wildman–Crippen LogP) is 5.33. The van der Waals surface area contributed by atoms with E-state index < -0.39 is 40.6 Å². The van der Waals surface area contributed by atoms with E-state index in [9.17, 15) is 14.7 Å². The van der Waals surface area contributed by atoms with Crippen LogP contribution in [0.5, 0.6) is 11.5 Å². The van der Waals surface area contributed by atoms with E-state index in [1.165, 1.54) is 0 Å². The van der Waals surface area contributed by atoms with Crippen molar-refractivity contribution >= 4 is 11.9 Å². The van der Waals surface area contributed by atoms with Crippen LogP contribution in [-0.4, -0.2) is 54.6 Å². The predicted molar refractivity (Wildman–Crippen MR) is 158 cm³/mol. The van der Waals surface area contributed by atoms with Crippen molar-refractivity contribution in [2.45, 2.75) is 84.0 Å². The van der Waals surface area contributed by atoms with Crippen LogP contribution in [0.4, 0.5) is 0 Å². The van der Waals surface area contributed by atoms with Crippen molar-refractivity contribution < 1.29 is 33.6 Å². The van der Waals surface area contributed by atoms with Gasteiger partial charge in [0, 0.05) is 24.6 Å². The summed E-state index contributed by atoms with van der Waals surface area (Å²) < 4.78 is 22.4. The summed E-state index contributed by atoms with van der Waals surface area (Å²) in [5.41, 5.74) is -0.481. The maximum absolute atomic E-state index is 13.9. The summed E-state index contributed by atoms with van der Waals surface area (Å²) in [6, 6.07) is 15.0. The maximum Gasteiger partial charge on any atom is 0.336 e. The molecular formula is C33H45NO7. The lowest BCUT2D eigenvalue weighted by atomic mass is 9.65. The van der Waals surface area contributed by atoms with Crippen LogP contribution >= 0.6 is 0 Å². The molecule has 3 rings (SSSR count). The number of hydrogen-bond donors (Lipinski definition) is 2. The Balaban J connectivity index is 2.09. The Hall–Kier alpha value is -3.52. The molecule has 3 atom stereocenters. The van der Waals surface area contributed by atoms with Crippen LogP contribution in [0, 0.1) is 5.92 Å². The molecule has 0 aromatic heterocycles. The quantitative estimate of drug-likeness (QED) is 0.392. The number of benzene rings is 2. The van der Waals surface area contributed by atoms with E-state index in [4.69, 9.17) is 18.9 Å². The van der Waals surface area contributed by atoms with E-state index in [1.807, 2.05) is 48.5 Å². The van der Waals surface area contributed by atoms with E-state index in [-0.39, 0.29) is 6.42 Å². The maximum atomic E-state index is 13.9. The summed E-state index contributed by atoms with van der Waals surface area (Å²) in [7, 11) is 3.18. The standard InChI is InChI=1S/C33H45NO7/c1-31(2,3)40-29(35)27-23(34-18-17-21-15-16-24(38-8)25(19-21)39-9)20-33(7,37)28(30(36)41-32(4,5)6)26(27)22-13-11-10-12-14-22/h10-16,19,26,28,34,37H,17-18,20H2,1-9H3. The summed E-state index contributed by atoms with van der Waals surface area (Å²) in [5, 5.41) is 15.2. The molecule has 2 aromatic rings. The lowest BCUT2D eigenvalue weighted by molar-refractivity contribution is -0.171. The van der Waals surface area contributed by atoms with Crippen molar-refractivity contribution in [1.29, 1.82) is 0 Å². The molecular weight excluding hydrogens is 522 g/mol. The molecule has 0 heterocycles. The Morgan fingerprint density at radius 1 is 0.927 bits per heavy atom. The zero-order valence-electron chi connectivity index (χ0n) is 25.8. The summed E-state index contributed by atoms with van der Waals surface area (Å²) in [6.45, 7) is 12.8. The zero-order chi connectivity index (χ0) is 30.6. The number of esters is 2. The van der Waals surface area contributed by atoms with Gasteiger partial charge in [-0.05, 0) is 78.1 Å². The molecule has 0 spiro atoms. The van der Waals surface area contributed by atoms with Gasteiger partial charge < -0.3 is 29.4 Å². The van der Waals surface area contributed by atoms with Crippen molar-refractivity contribution in [3.63, 3.8) is 0 Å². The molecule has 1 aliphatic carbocycles. The minimum atomic E-state index is -1.51. The number of hydrogen-bond acceptors (Lipinski definition) is 8. The SMILES string of the molecule is COc1ccc(CCNC2=C(C(=O)OC(C)(C)C)C(c3ccccc3)C(C(=O)OC(C)(C)C)C(C)(O)C2)cc1OC. The molecule has 41 heavy (non-hydrogen) atoms. The summed E-state index contributed by atoms with van der Waals surface area (Å²) in [5.74, 6) is -1.67.